The number of H-pyrrole nitrogens is 1. The number of rotatable bonds is 4. The number of benzene rings is 1. The van der Waals surface area contributed by atoms with Gasteiger partial charge in [0.05, 0.1) is 6.04 Å². The standard InChI is InChI=1S/C14H12Cl3N3O2/c15-14(16,17)10(8-11-18-7-6-12(21)20-11)19-13(22)9-4-2-1-3-5-9/h1-7,10H,8H2,(H,19,22)(H,18,20,21). The average Bonchev–Trinajstić information content (AvgIpc) is 2.46. The molecule has 1 heterocycles. The molecule has 0 aliphatic rings. The molecule has 0 fully saturated rings. The van der Waals surface area contributed by atoms with Crippen LogP contribution in [0.15, 0.2) is 47.4 Å². The van der Waals surface area contributed by atoms with Gasteiger partial charge in [0.25, 0.3) is 11.5 Å². The molecule has 2 aromatic rings. The fraction of sp³-hybridized carbons (Fsp3) is 0.214. The van der Waals surface area contributed by atoms with Crippen molar-refractivity contribution in [3.63, 3.8) is 0 Å². The molecular weight excluding hydrogens is 349 g/mol. The first-order chi connectivity index (χ1) is 10.4. The average molecular weight is 361 g/mol. The Labute approximate surface area is 141 Å². The zero-order chi connectivity index (χ0) is 16.2. The monoisotopic (exact) mass is 359 g/mol. The first kappa shape index (κ1) is 16.8. The lowest BCUT2D eigenvalue weighted by atomic mass is 10.1. The second kappa shape index (κ2) is 7.13. The molecule has 5 nitrogen and oxygen atoms in total. The molecule has 1 atom stereocenters. The predicted octanol–water partition coefficient (Wildman–Crippen LogP) is 2.48. The van der Waals surface area contributed by atoms with Crippen LogP contribution < -0.4 is 10.9 Å². The Balaban J connectivity index is 2.17. The van der Waals surface area contributed by atoms with Gasteiger partial charge < -0.3 is 10.3 Å². The normalized spacial score (nSPS) is 12.7. The van der Waals surface area contributed by atoms with Gasteiger partial charge in [-0.05, 0) is 12.1 Å². The van der Waals surface area contributed by atoms with Crippen LogP contribution in [0.3, 0.4) is 0 Å². The summed E-state index contributed by atoms with van der Waals surface area (Å²) in [5, 5.41) is 2.64. The Hall–Kier alpha value is -1.56. The fourth-order valence-electron chi connectivity index (χ4n) is 1.79. The minimum Gasteiger partial charge on any atom is -0.345 e. The minimum atomic E-state index is -1.75. The van der Waals surface area contributed by atoms with Gasteiger partial charge in [-0.1, -0.05) is 53.0 Å². The van der Waals surface area contributed by atoms with Gasteiger partial charge in [0.1, 0.15) is 5.82 Å². The first-order valence-corrected chi connectivity index (χ1v) is 7.46. The summed E-state index contributed by atoms with van der Waals surface area (Å²) >= 11 is 17.8. The Bertz CT molecular complexity index is 698. The van der Waals surface area contributed by atoms with Gasteiger partial charge in [-0.2, -0.15) is 0 Å². The lowest BCUT2D eigenvalue weighted by Gasteiger charge is -2.25. The molecule has 2 N–H and O–H groups in total. The number of nitrogens with zero attached hydrogens (tertiary/aromatic N) is 1. The zero-order valence-corrected chi connectivity index (χ0v) is 13.5. The Kier molecular flexibility index (Phi) is 5.45. The summed E-state index contributed by atoms with van der Waals surface area (Å²) in [5.74, 6) is -0.0626. The van der Waals surface area contributed by atoms with Crippen molar-refractivity contribution in [2.75, 3.05) is 0 Å². The van der Waals surface area contributed by atoms with E-state index in [0.29, 0.717) is 11.4 Å². The maximum Gasteiger partial charge on any atom is 0.251 e. The van der Waals surface area contributed by atoms with Crippen LogP contribution in [0.5, 0.6) is 0 Å². The number of hydrogen-bond donors (Lipinski definition) is 2. The fourth-order valence-corrected chi connectivity index (χ4v) is 2.18. The highest BCUT2D eigenvalue weighted by Crippen LogP contribution is 2.31. The van der Waals surface area contributed by atoms with Gasteiger partial charge in [0, 0.05) is 24.2 Å². The zero-order valence-electron chi connectivity index (χ0n) is 11.2. The van der Waals surface area contributed by atoms with Crippen LogP contribution in [0.1, 0.15) is 16.2 Å². The summed E-state index contributed by atoms with van der Waals surface area (Å²) in [5.41, 5.74) is 0.124. The summed E-state index contributed by atoms with van der Waals surface area (Å²) in [6, 6.07) is 8.97. The summed E-state index contributed by atoms with van der Waals surface area (Å²) in [6.07, 6.45) is 1.42. The molecule has 0 aliphatic carbocycles. The van der Waals surface area contributed by atoms with Gasteiger partial charge in [-0.15, -0.1) is 0 Å². The first-order valence-electron chi connectivity index (χ1n) is 6.33. The predicted molar refractivity (Wildman–Crippen MR) is 86.5 cm³/mol. The van der Waals surface area contributed by atoms with Crippen LogP contribution >= 0.6 is 34.8 Å². The van der Waals surface area contributed by atoms with Crippen LogP contribution in [-0.2, 0) is 6.42 Å². The molecule has 1 amide bonds. The highest BCUT2D eigenvalue weighted by molar-refractivity contribution is 6.68. The number of carbonyl (C=O) groups is 1. The molecule has 1 unspecified atom stereocenters. The van der Waals surface area contributed by atoms with E-state index < -0.39 is 9.83 Å². The number of nitrogens with one attached hydrogen (secondary N) is 2. The molecule has 0 spiro atoms. The van der Waals surface area contributed by atoms with E-state index in [9.17, 15) is 9.59 Å². The Morgan fingerprint density at radius 3 is 2.50 bits per heavy atom. The molecule has 116 valence electrons. The summed E-state index contributed by atoms with van der Waals surface area (Å²) in [7, 11) is 0. The van der Waals surface area contributed by atoms with Crippen molar-refractivity contribution in [2.24, 2.45) is 0 Å². The van der Waals surface area contributed by atoms with Gasteiger partial charge in [0.15, 0.2) is 0 Å². The SMILES string of the molecule is O=C(NC(Cc1nccc(=O)[nH]1)C(Cl)(Cl)Cl)c1ccccc1. The van der Waals surface area contributed by atoms with Crippen LogP contribution in [0.2, 0.25) is 0 Å². The highest BCUT2D eigenvalue weighted by Gasteiger charge is 2.34. The summed E-state index contributed by atoms with van der Waals surface area (Å²) in [4.78, 5) is 30.0. The van der Waals surface area contributed by atoms with E-state index in [4.69, 9.17) is 34.8 Å². The summed E-state index contributed by atoms with van der Waals surface area (Å²) in [6.45, 7) is 0. The molecule has 0 aliphatic heterocycles. The number of halogens is 3. The highest BCUT2D eigenvalue weighted by atomic mass is 35.6. The number of hydrogen-bond acceptors (Lipinski definition) is 3. The second-order valence-electron chi connectivity index (χ2n) is 4.52. The lowest BCUT2D eigenvalue weighted by molar-refractivity contribution is 0.0937. The van der Waals surface area contributed by atoms with Crippen molar-refractivity contribution >= 4 is 40.7 Å². The van der Waals surface area contributed by atoms with Crippen molar-refractivity contribution in [2.45, 2.75) is 16.3 Å². The molecule has 22 heavy (non-hydrogen) atoms. The Morgan fingerprint density at radius 1 is 1.23 bits per heavy atom. The third-order valence-corrected chi connectivity index (χ3v) is 3.65. The van der Waals surface area contributed by atoms with E-state index in [1.807, 2.05) is 0 Å². The molecule has 1 aromatic heterocycles. The molecule has 0 saturated heterocycles. The largest absolute Gasteiger partial charge is 0.345 e. The third-order valence-electron chi connectivity index (χ3n) is 2.86. The van der Waals surface area contributed by atoms with Crippen molar-refractivity contribution in [3.05, 3.63) is 64.3 Å². The van der Waals surface area contributed by atoms with E-state index in [1.165, 1.54) is 12.3 Å². The van der Waals surface area contributed by atoms with E-state index >= 15 is 0 Å². The molecular formula is C14H12Cl3N3O2. The number of carbonyl (C=O) groups excluding carboxylic acids is 1. The van der Waals surface area contributed by atoms with Gasteiger partial charge in [-0.3, -0.25) is 9.59 Å². The van der Waals surface area contributed by atoms with E-state index in [1.54, 1.807) is 30.3 Å². The lowest BCUT2D eigenvalue weighted by Crippen LogP contribution is -2.45. The smallest absolute Gasteiger partial charge is 0.251 e. The molecule has 0 bridgehead atoms. The van der Waals surface area contributed by atoms with Crippen molar-refractivity contribution in [1.29, 1.82) is 0 Å². The van der Waals surface area contributed by atoms with Gasteiger partial charge in [-0.25, -0.2) is 4.98 Å². The molecule has 8 heteroatoms. The Morgan fingerprint density at radius 2 is 1.91 bits per heavy atom. The third kappa shape index (κ3) is 4.73. The number of aromatic nitrogens is 2. The van der Waals surface area contributed by atoms with E-state index in [2.05, 4.69) is 15.3 Å². The number of alkyl halides is 3. The van der Waals surface area contributed by atoms with E-state index in [-0.39, 0.29) is 17.9 Å². The van der Waals surface area contributed by atoms with E-state index in [0.717, 1.165) is 0 Å². The minimum absolute atomic E-state index is 0.0746. The van der Waals surface area contributed by atoms with Crippen LogP contribution in [-0.4, -0.2) is 25.7 Å². The quantitative estimate of drug-likeness (QED) is 0.823. The molecule has 0 saturated carbocycles. The number of amides is 1. The van der Waals surface area contributed by atoms with Gasteiger partial charge in [0.2, 0.25) is 3.79 Å². The maximum absolute atomic E-state index is 12.2. The maximum atomic E-state index is 12.2. The van der Waals surface area contributed by atoms with Crippen LogP contribution in [0, 0.1) is 0 Å². The van der Waals surface area contributed by atoms with Crippen molar-refractivity contribution in [1.82, 2.24) is 15.3 Å². The molecule has 1 aromatic carbocycles. The van der Waals surface area contributed by atoms with Crippen molar-refractivity contribution < 1.29 is 4.79 Å². The molecule has 2 rings (SSSR count). The van der Waals surface area contributed by atoms with Gasteiger partial charge >= 0.3 is 0 Å². The molecule has 0 radical (unpaired) electrons. The number of aromatic amines is 1. The van der Waals surface area contributed by atoms with Crippen molar-refractivity contribution in [3.8, 4) is 0 Å². The summed E-state index contributed by atoms with van der Waals surface area (Å²) < 4.78 is -1.75. The van der Waals surface area contributed by atoms with Crippen LogP contribution in [0.4, 0.5) is 0 Å². The van der Waals surface area contributed by atoms with Crippen LogP contribution in [0.25, 0.3) is 0 Å². The second-order valence-corrected chi connectivity index (χ2v) is 6.89. The topological polar surface area (TPSA) is 74.8 Å².